The van der Waals surface area contributed by atoms with Gasteiger partial charge >= 0.3 is 5.97 Å². The molecule has 2 aromatic rings. The molecule has 0 radical (unpaired) electrons. The first-order chi connectivity index (χ1) is 11.6. The molecule has 6 heteroatoms. The van der Waals surface area contributed by atoms with Gasteiger partial charge in [0.25, 0.3) is 5.91 Å². The molecule has 0 bridgehead atoms. The van der Waals surface area contributed by atoms with Crippen LogP contribution in [0.5, 0.6) is 0 Å². The standard InChI is InChI=1S/C18H15FN2O3/c19-15-2-1-3-16(10-15)21-17(22)12-24-18(23)9-8-13-4-6-14(11-20)7-5-13/h1-7,10H,8-9,12H2,(H,21,22). The Balaban J connectivity index is 1.72. The van der Waals surface area contributed by atoms with E-state index in [-0.39, 0.29) is 6.42 Å². The van der Waals surface area contributed by atoms with Gasteiger partial charge in [-0.2, -0.15) is 5.26 Å². The number of ether oxygens (including phenoxy) is 1. The number of nitrogens with one attached hydrogen (secondary N) is 1. The minimum Gasteiger partial charge on any atom is -0.456 e. The highest BCUT2D eigenvalue weighted by atomic mass is 19.1. The van der Waals surface area contributed by atoms with Crippen molar-refractivity contribution >= 4 is 17.6 Å². The molecule has 24 heavy (non-hydrogen) atoms. The Morgan fingerprint density at radius 1 is 1.17 bits per heavy atom. The van der Waals surface area contributed by atoms with Gasteiger partial charge in [0.15, 0.2) is 6.61 Å². The van der Waals surface area contributed by atoms with E-state index in [0.29, 0.717) is 17.7 Å². The predicted molar refractivity (Wildman–Crippen MR) is 85.5 cm³/mol. The monoisotopic (exact) mass is 326 g/mol. The summed E-state index contributed by atoms with van der Waals surface area (Å²) in [6.45, 7) is -0.428. The lowest BCUT2D eigenvalue weighted by molar-refractivity contribution is -0.147. The van der Waals surface area contributed by atoms with Gasteiger partial charge in [-0.1, -0.05) is 18.2 Å². The molecular formula is C18H15FN2O3. The van der Waals surface area contributed by atoms with Crippen molar-refractivity contribution < 1.29 is 18.7 Å². The Morgan fingerprint density at radius 3 is 2.58 bits per heavy atom. The first-order valence-electron chi connectivity index (χ1n) is 7.27. The molecule has 2 rings (SSSR count). The van der Waals surface area contributed by atoms with Crippen molar-refractivity contribution in [2.45, 2.75) is 12.8 Å². The number of aryl methyl sites for hydroxylation is 1. The Hall–Kier alpha value is -3.20. The summed E-state index contributed by atoms with van der Waals surface area (Å²) in [4.78, 5) is 23.3. The Labute approximate surface area is 138 Å². The minimum absolute atomic E-state index is 0.124. The topological polar surface area (TPSA) is 79.2 Å². The Morgan fingerprint density at radius 2 is 1.92 bits per heavy atom. The number of carbonyl (C=O) groups excluding carboxylic acids is 2. The highest BCUT2D eigenvalue weighted by Crippen LogP contribution is 2.09. The molecule has 0 aliphatic rings. The summed E-state index contributed by atoms with van der Waals surface area (Å²) in [6.07, 6.45) is 0.579. The van der Waals surface area contributed by atoms with E-state index in [2.05, 4.69) is 5.32 Å². The molecule has 0 aliphatic heterocycles. The molecular weight excluding hydrogens is 311 g/mol. The van der Waals surface area contributed by atoms with Gasteiger partial charge in [0, 0.05) is 12.1 Å². The number of nitrogens with zero attached hydrogens (tertiary/aromatic N) is 1. The highest BCUT2D eigenvalue weighted by Gasteiger charge is 2.08. The summed E-state index contributed by atoms with van der Waals surface area (Å²) in [6, 6.07) is 14.3. The lowest BCUT2D eigenvalue weighted by Crippen LogP contribution is -2.21. The number of hydrogen-bond donors (Lipinski definition) is 1. The van der Waals surface area contributed by atoms with Crippen LogP contribution in [0, 0.1) is 17.1 Å². The molecule has 0 saturated carbocycles. The van der Waals surface area contributed by atoms with Gasteiger partial charge in [0.05, 0.1) is 11.6 Å². The molecule has 122 valence electrons. The molecule has 0 atom stereocenters. The van der Waals surface area contributed by atoms with Gasteiger partial charge in [-0.15, -0.1) is 0 Å². The molecule has 0 heterocycles. The zero-order valence-electron chi connectivity index (χ0n) is 12.8. The number of carbonyl (C=O) groups is 2. The average molecular weight is 326 g/mol. The van der Waals surface area contributed by atoms with Gasteiger partial charge in [-0.05, 0) is 42.3 Å². The molecule has 5 nitrogen and oxygen atoms in total. The fourth-order valence-corrected chi connectivity index (χ4v) is 1.97. The van der Waals surface area contributed by atoms with Crippen LogP contribution in [0.3, 0.4) is 0 Å². The van der Waals surface area contributed by atoms with Crippen molar-refractivity contribution in [3.05, 3.63) is 65.5 Å². The smallest absolute Gasteiger partial charge is 0.306 e. The van der Waals surface area contributed by atoms with E-state index in [9.17, 15) is 14.0 Å². The van der Waals surface area contributed by atoms with Crippen molar-refractivity contribution in [2.24, 2.45) is 0 Å². The maximum atomic E-state index is 13.0. The third-order valence-electron chi connectivity index (χ3n) is 3.17. The van der Waals surface area contributed by atoms with Gasteiger partial charge in [-0.25, -0.2) is 4.39 Å². The molecule has 1 N–H and O–H groups in total. The zero-order valence-corrected chi connectivity index (χ0v) is 12.8. The van der Waals surface area contributed by atoms with Crippen molar-refractivity contribution in [3.8, 4) is 6.07 Å². The Bertz CT molecular complexity index is 767. The van der Waals surface area contributed by atoms with E-state index >= 15 is 0 Å². The molecule has 0 aliphatic carbocycles. The van der Waals surface area contributed by atoms with Crippen molar-refractivity contribution in [1.29, 1.82) is 5.26 Å². The first-order valence-corrected chi connectivity index (χ1v) is 7.27. The second-order valence-electron chi connectivity index (χ2n) is 5.03. The summed E-state index contributed by atoms with van der Waals surface area (Å²) in [5, 5.41) is 11.1. The van der Waals surface area contributed by atoms with Gasteiger partial charge in [-0.3, -0.25) is 9.59 Å². The normalized spacial score (nSPS) is 9.83. The highest BCUT2D eigenvalue weighted by molar-refractivity contribution is 5.92. The molecule has 0 unspecified atom stereocenters. The third kappa shape index (κ3) is 5.54. The van der Waals surface area contributed by atoms with Gasteiger partial charge in [0.1, 0.15) is 5.82 Å². The fourth-order valence-electron chi connectivity index (χ4n) is 1.97. The van der Waals surface area contributed by atoms with Crippen molar-refractivity contribution in [2.75, 3.05) is 11.9 Å². The lowest BCUT2D eigenvalue weighted by Gasteiger charge is -2.07. The van der Waals surface area contributed by atoms with Crippen LogP contribution in [-0.4, -0.2) is 18.5 Å². The van der Waals surface area contributed by atoms with Crippen LogP contribution >= 0.6 is 0 Å². The van der Waals surface area contributed by atoms with Crippen LogP contribution in [-0.2, 0) is 20.7 Å². The van der Waals surface area contributed by atoms with Crippen LogP contribution in [0.25, 0.3) is 0 Å². The maximum absolute atomic E-state index is 13.0. The van der Waals surface area contributed by atoms with Crippen LogP contribution in [0.1, 0.15) is 17.5 Å². The van der Waals surface area contributed by atoms with Gasteiger partial charge < -0.3 is 10.1 Å². The molecule has 0 fully saturated rings. The number of benzene rings is 2. The SMILES string of the molecule is N#Cc1ccc(CCC(=O)OCC(=O)Nc2cccc(F)c2)cc1. The quantitative estimate of drug-likeness (QED) is 0.828. The third-order valence-corrected chi connectivity index (χ3v) is 3.17. The predicted octanol–water partition coefficient (Wildman–Crippen LogP) is 2.81. The van der Waals surface area contributed by atoms with Crippen molar-refractivity contribution in [3.63, 3.8) is 0 Å². The first kappa shape index (κ1) is 17.2. The summed E-state index contributed by atoms with van der Waals surface area (Å²) >= 11 is 0. The van der Waals surface area contributed by atoms with Crippen LogP contribution < -0.4 is 5.32 Å². The van der Waals surface area contributed by atoms with E-state index in [0.717, 1.165) is 5.56 Å². The second kappa shape index (κ2) is 8.44. The molecule has 1 amide bonds. The molecule has 0 spiro atoms. The Kier molecular flexibility index (Phi) is 6.03. The summed E-state index contributed by atoms with van der Waals surface area (Å²) < 4.78 is 17.9. The largest absolute Gasteiger partial charge is 0.456 e. The number of amides is 1. The number of esters is 1. The van der Waals surface area contributed by atoms with E-state index in [1.165, 1.54) is 24.3 Å². The summed E-state index contributed by atoms with van der Waals surface area (Å²) in [5.41, 5.74) is 1.75. The number of hydrogen-bond acceptors (Lipinski definition) is 4. The van der Waals surface area contributed by atoms with Crippen molar-refractivity contribution in [1.82, 2.24) is 0 Å². The minimum atomic E-state index is -0.535. The van der Waals surface area contributed by atoms with E-state index in [4.69, 9.17) is 10.00 Å². The van der Waals surface area contributed by atoms with Crippen LogP contribution in [0.2, 0.25) is 0 Å². The molecule has 0 saturated heterocycles. The zero-order chi connectivity index (χ0) is 17.4. The lowest BCUT2D eigenvalue weighted by atomic mass is 10.1. The van der Waals surface area contributed by atoms with Gasteiger partial charge in [0.2, 0.25) is 0 Å². The number of rotatable bonds is 6. The van der Waals surface area contributed by atoms with E-state index < -0.39 is 24.3 Å². The van der Waals surface area contributed by atoms with Crippen LogP contribution in [0.15, 0.2) is 48.5 Å². The number of halogens is 1. The molecule has 2 aromatic carbocycles. The summed E-state index contributed by atoms with van der Waals surface area (Å²) in [7, 11) is 0. The van der Waals surface area contributed by atoms with E-state index in [1.807, 2.05) is 6.07 Å². The number of anilines is 1. The molecule has 0 aromatic heterocycles. The average Bonchev–Trinajstić information content (AvgIpc) is 2.58. The fraction of sp³-hybridized carbons (Fsp3) is 0.167. The number of nitriles is 1. The van der Waals surface area contributed by atoms with Crippen LogP contribution in [0.4, 0.5) is 10.1 Å². The van der Waals surface area contributed by atoms with E-state index in [1.54, 1.807) is 24.3 Å². The summed E-state index contributed by atoms with van der Waals surface area (Å²) in [5.74, 6) is -1.51. The second-order valence-corrected chi connectivity index (χ2v) is 5.03. The maximum Gasteiger partial charge on any atom is 0.306 e.